The Bertz CT molecular complexity index is 1070. The number of rotatable bonds is 6. The van der Waals surface area contributed by atoms with Crippen LogP contribution < -0.4 is 0 Å². The predicted molar refractivity (Wildman–Crippen MR) is 109 cm³/mol. The van der Waals surface area contributed by atoms with E-state index in [1.54, 1.807) is 13.1 Å². The van der Waals surface area contributed by atoms with Crippen molar-refractivity contribution in [2.75, 3.05) is 6.61 Å². The highest BCUT2D eigenvalue weighted by Gasteiger charge is 2.30. The number of ether oxygens (including phenoxy) is 1. The first-order valence-corrected chi connectivity index (χ1v) is 9.86. The van der Waals surface area contributed by atoms with Crippen LogP contribution in [-0.2, 0) is 16.1 Å². The Hall–Kier alpha value is -2.73. The van der Waals surface area contributed by atoms with Gasteiger partial charge in [0.2, 0.25) is 0 Å². The first-order chi connectivity index (χ1) is 13.6. The number of aryl methyl sites for hydroxylation is 1. The van der Waals surface area contributed by atoms with Gasteiger partial charge in [-0.25, -0.2) is 19.4 Å². The van der Waals surface area contributed by atoms with E-state index >= 15 is 0 Å². The summed E-state index contributed by atoms with van der Waals surface area (Å²) >= 11 is 6.17. The van der Waals surface area contributed by atoms with Crippen molar-refractivity contribution in [2.45, 2.75) is 39.2 Å². The van der Waals surface area contributed by atoms with Gasteiger partial charge < -0.3 is 4.74 Å². The van der Waals surface area contributed by atoms with Crippen LogP contribution in [0.4, 0.5) is 0 Å². The smallest absolute Gasteiger partial charge is 0.330 e. The number of aromatic nitrogens is 4. The Morgan fingerprint density at radius 3 is 2.89 bits per heavy atom. The van der Waals surface area contributed by atoms with E-state index < -0.39 is 0 Å². The number of esters is 1. The summed E-state index contributed by atoms with van der Waals surface area (Å²) in [5, 5.41) is 5.84. The van der Waals surface area contributed by atoms with Crippen LogP contribution in [0.5, 0.6) is 0 Å². The monoisotopic (exact) mass is 396 g/mol. The molecule has 0 atom stereocenters. The molecule has 1 aliphatic carbocycles. The van der Waals surface area contributed by atoms with E-state index in [1.807, 2.05) is 36.0 Å². The van der Waals surface area contributed by atoms with Crippen molar-refractivity contribution in [3.05, 3.63) is 47.0 Å². The highest BCUT2D eigenvalue weighted by Crippen LogP contribution is 2.45. The minimum atomic E-state index is -0.368. The molecule has 7 heteroatoms. The third kappa shape index (κ3) is 3.52. The number of nitrogens with zero attached hydrogens (tertiary/aromatic N) is 4. The van der Waals surface area contributed by atoms with Crippen molar-refractivity contribution in [3.63, 3.8) is 0 Å². The number of halogens is 1. The third-order valence-corrected chi connectivity index (χ3v) is 5.01. The number of hydrogen-bond donors (Lipinski definition) is 0. The lowest BCUT2D eigenvalue weighted by Crippen LogP contribution is -2.03. The largest absolute Gasteiger partial charge is 0.463 e. The molecule has 0 saturated heterocycles. The summed E-state index contributed by atoms with van der Waals surface area (Å²) in [7, 11) is 0. The molecule has 4 rings (SSSR count). The van der Waals surface area contributed by atoms with E-state index in [-0.39, 0.29) is 5.97 Å². The molecule has 3 aromatic rings. The van der Waals surface area contributed by atoms with Gasteiger partial charge in [-0.1, -0.05) is 11.6 Å². The fourth-order valence-corrected chi connectivity index (χ4v) is 3.57. The number of fused-ring (bicyclic) bond motifs is 1. The SMILES string of the molecule is CCOC(=O)C=Cc1c(C2CC2)nc2c(cnn2CC)c1-c1ccnc(Cl)c1. The van der Waals surface area contributed by atoms with Gasteiger partial charge >= 0.3 is 5.97 Å². The molecule has 1 fully saturated rings. The molecule has 1 aliphatic rings. The van der Waals surface area contributed by atoms with Crippen molar-refractivity contribution in [1.82, 2.24) is 19.7 Å². The maximum Gasteiger partial charge on any atom is 0.330 e. The minimum Gasteiger partial charge on any atom is -0.463 e. The second kappa shape index (κ2) is 7.72. The van der Waals surface area contributed by atoms with Gasteiger partial charge in [-0.3, -0.25) is 0 Å². The van der Waals surface area contributed by atoms with E-state index in [1.165, 1.54) is 6.08 Å². The van der Waals surface area contributed by atoms with E-state index in [9.17, 15) is 4.79 Å². The average molecular weight is 397 g/mol. The van der Waals surface area contributed by atoms with Crippen molar-refractivity contribution in [3.8, 4) is 11.1 Å². The first-order valence-electron chi connectivity index (χ1n) is 9.48. The molecule has 0 radical (unpaired) electrons. The van der Waals surface area contributed by atoms with Crippen LogP contribution in [0.1, 0.15) is 43.9 Å². The Kier molecular flexibility index (Phi) is 5.13. The molecule has 6 nitrogen and oxygen atoms in total. The second-order valence-corrected chi connectivity index (χ2v) is 7.10. The molecule has 3 heterocycles. The van der Waals surface area contributed by atoms with Crippen molar-refractivity contribution >= 4 is 34.7 Å². The van der Waals surface area contributed by atoms with Gasteiger partial charge in [-0.15, -0.1) is 0 Å². The molecule has 0 N–H and O–H groups in total. The zero-order valence-corrected chi connectivity index (χ0v) is 16.6. The summed E-state index contributed by atoms with van der Waals surface area (Å²) in [5.41, 5.74) is 4.65. The molecular weight excluding hydrogens is 376 g/mol. The van der Waals surface area contributed by atoms with E-state index in [0.29, 0.717) is 17.7 Å². The van der Waals surface area contributed by atoms with Gasteiger partial charge in [0.1, 0.15) is 5.15 Å². The van der Waals surface area contributed by atoms with Gasteiger partial charge in [0, 0.05) is 41.2 Å². The fraction of sp³-hybridized carbons (Fsp3) is 0.333. The van der Waals surface area contributed by atoms with Crippen molar-refractivity contribution < 1.29 is 9.53 Å². The summed E-state index contributed by atoms with van der Waals surface area (Å²) in [6.07, 6.45) is 8.97. The maximum atomic E-state index is 12.0. The summed E-state index contributed by atoms with van der Waals surface area (Å²) in [6, 6.07) is 3.75. The lowest BCUT2D eigenvalue weighted by atomic mass is 9.95. The summed E-state index contributed by atoms with van der Waals surface area (Å²) in [5.74, 6) is 0.0230. The highest BCUT2D eigenvalue weighted by molar-refractivity contribution is 6.29. The molecular formula is C21H21ClN4O2. The quantitative estimate of drug-likeness (QED) is 0.345. The maximum absolute atomic E-state index is 12.0. The van der Waals surface area contributed by atoms with Gasteiger partial charge in [0.15, 0.2) is 5.65 Å². The standard InChI is InChI=1S/C21H21ClN4O2/c1-3-26-21-16(12-24-26)19(14-9-10-23-17(22)11-14)15(7-8-18(27)28-4-2)20(25-21)13-5-6-13/h7-13H,3-6H2,1-2H3. The summed E-state index contributed by atoms with van der Waals surface area (Å²) in [4.78, 5) is 21.0. The van der Waals surface area contributed by atoms with Crippen LogP contribution in [0, 0.1) is 0 Å². The summed E-state index contributed by atoms with van der Waals surface area (Å²) < 4.78 is 6.95. The molecule has 0 amide bonds. The number of carbonyl (C=O) groups excluding carboxylic acids is 1. The Morgan fingerprint density at radius 2 is 2.21 bits per heavy atom. The number of pyridine rings is 2. The highest BCUT2D eigenvalue weighted by atomic mass is 35.5. The van der Waals surface area contributed by atoms with Crippen LogP contribution in [0.25, 0.3) is 28.2 Å². The topological polar surface area (TPSA) is 69.9 Å². The van der Waals surface area contributed by atoms with Gasteiger partial charge in [-0.2, -0.15) is 5.10 Å². The van der Waals surface area contributed by atoms with Crippen LogP contribution in [-0.4, -0.2) is 32.3 Å². The number of carbonyl (C=O) groups is 1. The fourth-order valence-electron chi connectivity index (χ4n) is 3.40. The Labute approximate surface area is 168 Å². The van der Waals surface area contributed by atoms with Crippen molar-refractivity contribution in [2.24, 2.45) is 0 Å². The zero-order valence-electron chi connectivity index (χ0n) is 15.9. The lowest BCUT2D eigenvalue weighted by molar-refractivity contribution is -0.137. The van der Waals surface area contributed by atoms with Crippen molar-refractivity contribution in [1.29, 1.82) is 0 Å². The Morgan fingerprint density at radius 1 is 1.39 bits per heavy atom. The predicted octanol–water partition coefficient (Wildman–Crippen LogP) is 4.62. The zero-order chi connectivity index (χ0) is 19.7. The first kappa shape index (κ1) is 18.6. The van der Waals surface area contributed by atoms with Crippen LogP contribution in [0.3, 0.4) is 0 Å². The van der Waals surface area contributed by atoms with E-state index in [0.717, 1.165) is 52.8 Å². The molecule has 0 aliphatic heterocycles. The van der Waals surface area contributed by atoms with Crippen LogP contribution in [0.15, 0.2) is 30.6 Å². The normalized spacial score (nSPS) is 14.1. The van der Waals surface area contributed by atoms with Gasteiger partial charge in [0.05, 0.1) is 18.5 Å². The molecule has 0 bridgehead atoms. The average Bonchev–Trinajstić information content (AvgIpc) is 3.45. The van der Waals surface area contributed by atoms with Crippen LogP contribution >= 0.6 is 11.6 Å². The van der Waals surface area contributed by atoms with Gasteiger partial charge in [0.25, 0.3) is 0 Å². The molecule has 0 aromatic carbocycles. The number of hydrogen-bond acceptors (Lipinski definition) is 5. The van der Waals surface area contributed by atoms with Gasteiger partial charge in [-0.05, 0) is 50.5 Å². The lowest BCUT2D eigenvalue weighted by Gasteiger charge is -2.14. The minimum absolute atomic E-state index is 0.339. The molecule has 28 heavy (non-hydrogen) atoms. The molecule has 144 valence electrons. The van der Waals surface area contributed by atoms with Crippen LogP contribution in [0.2, 0.25) is 5.15 Å². The molecule has 0 unspecified atom stereocenters. The van der Waals surface area contributed by atoms with E-state index in [2.05, 4.69) is 10.1 Å². The molecule has 3 aromatic heterocycles. The molecule has 1 saturated carbocycles. The molecule has 0 spiro atoms. The Balaban J connectivity index is 2.00. The van der Waals surface area contributed by atoms with E-state index in [4.69, 9.17) is 21.3 Å². The third-order valence-electron chi connectivity index (χ3n) is 4.80. The summed E-state index contributed by atoms with van der Waals surface area (Å²) in [6.45, 7) is 4.90. The second-order valence-electron chi connectivity index (χ2n) is 6.71.